The van der Waals surface area contributed by atoms with Gasteiger partial charge in [-0.05, 0) is 69.8 Å². The molecule has 0 aliphatic carbocycles. The molecule has 0 fully saturated rings. The van der Waals surface area contributed by atoms with Gasteiger partial charge in [-0.2, -0.15) is 0 Å². The Morgan fingerprint density at radius 2 is 1.94 bits per heavy atom. The molecule has 0 aliphatic heterocycles. The zero-order chi connectivity index (χ0) is 12.2. The number of rotatable bonds is 5. The monoisotopic (exact) mass is 349 g/mol. The quantitative estimate of drug-likeness (QED) is 0.852. The van der Waals surface area contributed by atoms with Crippen molar-refractivity contribution in [2.24, 2.45) is 0 Å². The van der Waals surface area contributed by atoms with Crippen molar-refractivity contribution in [2.75, 3.05) is 6.61 Å². The highest BCUT2D eigenvalue weighted by Crippen LogP contribution is 2.24. The zero-order valence-corrected chi connectivity index (χ0v) is 12.7. The van der Waals surface area contributed by atoms with Crippen LogP contribution in [0, 0.1) is 0 Å². The lowest BCUT2D eigenvalue weighted by atomic mass is 10.0. The zero-order valence-electron chi connectivity index (χ0n) is 9.56. The summed E-state index contributed by atoms with van der Waals surface area (Å²) in [5.41, 5.74) is 1.19. The van der Waals surface area contributed by atoms with E-state index in [4.69, 9.17) is 5.11 Å². The molecule has 0 bridgehead atoms. The van der Waals surface area contributed by atoms with E-state index in [1.165, 1.54) is 5.56 Å². The molecule has 1 rings (SSSR count). The molecule has 1 aromatic rings. The Labute approximate surface area is 114 Å². The summed E-state index contributed by atoms with van der Waals surface area (Å²) in [4.78, 5) is 0. The summed E-state index contributed by atoms with van der Waals surface area (Å²) in [6.07, 6.45) is 0.755. The van der Waals surface area contributed by atoms with E-state index in [0.717, 1.165) is 21.9 Å². The number of halogens is 2. The van der Waals surface area contributed by atoms with E-state index >= 15 is 0 Å². The van der Waals surface area contributed by atoms with Gasteiger partial charge in [0.1, 0.15) is 0 Å². The van der Waals surface area contributed by atoms with Gasteiger partial charge in [-0.15, -0.1) is 0 Å². The van der Waals surface area contributed by atoms with E-state index in [-0.39, 0.29) is 12.1 Å². The van der Waals surface area contributed by atoms with Crippen molar-refractivity contribution in [3.63, 3.8) is 0 Å². The average Bonchev–Trinajstić information content (AvgIpc) is 2.20. The third kappa shape index (κ3) is 4.53. The van der Waals surface area contributed by atoms with Crippen LogP contribution in [0.25, 0.3) is 0 Å². The second-order valence-corrected chi connectivity index (χ2v) is 6.17. The Morgan fingerprint density at radius 3 is 2.50 bits per heavy atom. The van der Waals surface area contributed by atoms with Gasteiger partial charge in [0.2, 0.25) is 0 Å². The predicted octanol–water partition coefficient (Wildman–Crippen LogP) is 3.46. The van der Waals surface area contributed by atoms with Crippen molar-refractivity contribution < 1.29 is 5.11 Å². The minimum Gasteiger partial charge on any atom is -0.396 e. The summed E-state index contributed by atoms with van der Waals surface area (Å²) in [5.74, 6) is 0. The van der Waals surface area contributed by atoms with Crippen molar-refractivity contribution in [1.82, 2.24) is 5.32 Å². The van der Waals surface area contributed by atoms with Crippen molar-refractivity contribution in [2.45, 2.75) is 32.4 Å². The maximum absolute atomic E-state index is 8.93. The van der Waals surface area contributed by atoms with Crippen molar-refractivity contribution in [3.05, 3.63) is 32.7 Å². The lowest BCUT2D eigenvalue weighted by Gasteiger charge is -2.25. The summed E-state index contributed by atoms with van der Waals surface area (Å²) >= 11 is 6.93. The topological polar surface area (TPSA) is 32.3 Å². The van der Waals surface area contributed by atoms with Crippen LogP contribution in [0.1, 0.15) is 25.8 Å². The molecule has 1 aromatic carbocycles. The first-order chi connectivity index (χ1) is 7.44. The SMILES string of the molecule is CC(C)(CCO)NCc1ccc(Br)c(Br)c1. The molecular weight excluding hydrogens is 334 g/mol. The summed E-state index contributed by atoms with van der Waals surface area (Å²) in [7, 11) is 0. The van der Waals surface area contributed by atoms with Gasteiger partial charge >= 0.3 is 0 Å². The van der Waals surface area contributed by atoms with E-state index in [1.807, 2.05) is 6.07 Å². The van der Waals surface area contributed by atoms with Crippen LogP contribution in [0.3, 0.4) is 0 Å². The third-order valence-electron chi connectivity index (χ3n) is 2.49. The maximum Gasteiger partial charge on any atom is 0.0448 e. The molecule has 0 radical (unpaired) electrons. The highest BCUT2D eigenvalue weighted by Gasteiger charge is 2.15. The summed E-state index contributed by atoms with van der Waals surface area (Å²) in [6.45, 7) is 5.21. The Hall–Kier alpha value is 0.1000. The number of nitrogens with one attached hydrogen (secondary N) is 1. The van der Waals surface area contributed by atoms with Crippen LogP contribution < -0.4 is 5.32 Å². The molecular formula is C12H17Br2NO. The molecule has 2 nitrogen and oxygen atoms in total. The van der Waals surface area contributed by atoms with E-state index in [2.05, 4.69) is 63.2 Å². The lowest BCUT2D eigenvalue weighted by molar-refractivity contribution is 0.230. The fourth-order valence-electron chi connectivity index (χ4n) is 1.36. The van der Waals surface area contributed by atoms with E-state index < -0.39 is 0 Å². The van der Waals surface area contributed by atoms with E-state index in [1.54, 1.807) is 0 Å². The van der Waals surface area contributed by atoms with Crippen LogP contribution in [0.2, 0.25) is 0 Å². The highest BCUT2D eigenvalue weighted by atomic mass is 79.9. The molecule has 4 heteroatoms. The summed E-state index contributed by atoms with van der Waals surface area (Å²) in [6, 6.07) is 6.20. The molecule has 0 atom stereocenters. The highest BCUT2D eigenvalue weighted by molar-refractivity contribution is 9.13. The number of hydrogen-bond acceptors (Lipinski definition) is 2. The minimum absolute atomic E-state index is 0.0334. The smallest absolute Gasteiger partial charge is 0.0448 e. The number of hydrogen-bond donors (Lipinski definition) is 2. The van der Waals surface area contributed by atoms with Crippen LogP contribution in [0.5, 0.6) is 0 Å². The molecule has 0 aromatic heterocycles. The van der Waals surface area contributed by atoms with Crippen molar-refractivity contribution in [3.8, 4) is 0 Å². The van der Waals surface area contributed by atoms with Crippen LogP contribution >= 0.6 is 31.9 Å². The summed E-state index contributed by atoms with van der Waals surface area (Å²) < 4.78 is 2.12. The predicted molar refractivity (Wildman–Crippen MR) is 74.5 cm³/mol. The number of benzene rings is 1. The molecule has 16 heavy (non-hydrogen) atoms. The number of aliphatic hydroxyl groups excluding tert-OH is 1. The Balaban J connectivity index is 2.57. The van der Waals surface area contributed by atoms with Gasteiger partial charge in [-0.3, -0.25) is 0 Å². The molecule has 0 amide bonds. The lowest BCUT2D eigenvalue weighted by Crippen LogP contribution is -2.39. The van der Waals surface area contributed by atoms with Gasteiger partial charge in [-0.25, -0.2) is 0 Å². The van der Waals surface area contributed by atoms with Crippen molar-refractivity contribution in [1.29, 1.82) is 0 Å². The third-order valence-corrected chi connectivity index (χ3v) is 4.37. The standard InChI is InChI=1S/C12H17Br2NO/c1-12(2,5-6-16)15-8-9-3-4-10(13)11(14)7-9/h3-4,7,15-16H,5-6,8H2,1-2H3. The Kier molecular flexibility index (Phi) is 5.44. The van der Waals surface area contributed by atoms with Gasteiger partial charge in [0.05, 0.1) is 0 Å². The molecule has 0 saturated heterocycles. The minimum atomic E-state index is -0.0334. The van der Waals surface area contributed by atoms with Crippen LogP contribution in [0.4, 0.5) is 0 Å². The van der Waals surface area contributed by atoms with Gasteiger partial charge in [0.25, 0.3) is 0 Å². The molecule has 2 N–H and O–H groups in total. The van der Waals surface area contributed by atoms with Crippen LogP contribution in [0.15, 0.2) is 27.1 Å². The normalized spacial score (nSPS) is 11.8. The fourth-order valence-corrected chi connectivity index (χ4v) is 2.03. The van der Waals surface area contributed by atoms with Crippen LogP contribution in [-0.2, 0) is 6.54 Å². The van der Waals surface area contributed by atoms with Crippen molar-refractivity contribution >= 4 is 31.9 Å². The maximum atomic E-state index is 8.93. The van der Waals surface area contributed by atoms with Gasteiger partial charge in [0, 0.05) is 27.6 Å². The average molecular weight is 351 g/mol. The Morgan fingerprint density at radius 1 is 1.25 bits per heavy atom. The largest absolute Gasteiger partial charge is 0.396 e. The molecule has 0 heterocycles. The summed E-state index contributed by atoms with van der Waals surface area (Å²) in [5, 5.41) is 12.4. The van der Waals surface area contributed by atoms with E-state index in [9.17, 15) is 0 Å². The van der Waals surface area contributed by atoms with Gasteiger partial charge in [0.15, 0.2) is 0 Å². The van der Waals surface area contributed by atoms with Gasteiger partial charge < -0.3 is 10.4 Å². The first-order valence-electron chi connectivity index (χ1n) is 5.24. The molecule has 0 aliphatic rings. The second kappa shape index (κ2) is 6.15. The first kappa shape index (κ1) is 14.2. The van der Waals surface area contributed by atoms with Crippen LogP contribution in [-0.4, -0.2) is 17.3 Å². The molecule has 90 valence electrons. The molecule has 0 saturated carbocycles. The first-order valence-corrected chi connectivity index (χ1v) is 6.83. The second-order valence-electron chi connectivity index (χ2n) is 4.46. The molecule has 0 unspecified atom stereocenters. The van der Waals surface area contributed by atoms with Gasteiger partial charge in [-0.1, -0.05) is 6.07 Å². The fraction of sp³-hybridized carbons (Fsp3) is 0.500. The van der Waals surface area contributed by atoms with E-state index in [0.29, 0.717) is 0 Å². The molecule has 0 spiro atoms. The Bertz CT molecular complexity index is 353. The number of aliphatic hydroxyl groups is 1.